The summed E-state index contributed by atoms with van der Waals surface area (Å²) in [7, 11) is 0. The molecule has 1 aliphatic carbocycles. The summed E-state index contributed by atoms with van der Waals surface area (Å²) < 4.78 is 13.9. The molecule has 1 fully saturated rings. The molecular weight excluding hydrogens is 237 g/mol. The summed E-state index contributed by atoms with van der Waals surface area (Å²) in [5.41, 5.74) is 1.76. The monoisotopic (exact) mass is 255 g/mol. The van der Waals surface area contributed by atoms with E-state index in [1.54, 1.807) is 6.07 Å². The number of nitrogens with one attached hydrogen (secondary N) is 1. The standard InChI is InChI=1S/C17H18FN/c18-15-10-4-5-11-16(15)19-17(12-6-7-13-17)14-8-2-1-3-9-14/h1-5,8-11,19H,6-7,12-13H2. The Morgan fingerprint density at radius 1 is 0.842 bits per heavy atom. The zero-order chi connectivity index (χ0) is 13.1. The molecule has 2 aromatic carbocycles. The van der Waals surface area contributed by atoms with Gasteiger partial charge in [0.15, 0.2) is 0 Å². The highest BCUT2D eigenvalue weighted by Crippen LogP contribution is 2.41. The van der Waals surface area contributed by atoms with E-state index in [-0.39, 0.29) is 11.4 Å². The molecule has 0 saturated heterocycles. The molecule has 1 N–H and O–H groups in total. The van der Waals surface area contributed by atoms with Crippen LogP contribution in [0.25, 0.3) is 0 Å². The zero-order valence-corrected chi connectivity index (χ0v) is 10.9. The maximum absolute atomic E-state index is 13.9. The Labute approximate surface area is 113 Å². The van der Waals surface area contributed by atoms with E-state index in [2.05, 4.69) is 29.6 Å². The van der Waals surface area contributed by atoms with Crippen molar-refractivity contribution in [2.75, 3.05) is 5.32 Å². The van der Waals surface area contributed by atoms with E-state index in [4.69, 9.17) is 0 Å². The predicted octanol–water partition coefficient (Wildman–Crippen LogP) is 4.71. The van der Waals surface area contributed by atoms with Crippen LogP contribution in [0, 0.1) is 5.82 Å². The van der Waals surface area contributed by atoms with Gasteiger partial charge >= 0.3 is 0 Å². The second-order valence-corrected chi connectivity index (χ2v) is 5.26. The molecule has 2 heteroatoms. The SMILES string of the molecule is Fc1ccccc1NC1(c2ccccc2)CCCC1. The lowest BCUT2D eigenvalue weighted by atomic mass is 9.88. The van der Waals surface area contributed by atoms with E-state index in [0.29, 0.717) is 5.69 Å². The zero-order valence-electron chi connectivity index (χ0n) is 10.9. The number of benzene rings is 2. The smallest absolute Gasteiger partial charge is 0.146 e. The summed E-state index contributed by atoms with van der Waals surface area (Å²) >= 11 is 0. The molecule has 0 atom stereocenters. The minimum atomic E-state index is -0.176. The van der Waals surface area contributed by atoms with Gasteiger partial charge in [0.1, 0.15) is 5.82 Å². The van der Waals surface area contributed by atoms with Gasteiger partial charge in [0.25, 0.3) is 0 Å². The average molecular weight is 255 g/mol. The molecule has 0 aliphatic heterocycles. The van der Waals surface area contributed by atoms with Gasteiger partial charge in [-0.05, 0) is 30.5 Å². The molecule has 0 heterocycles. The fourth-order valence-electron chi connectivity index (χ4n) is 3.04. The first kappa shape index (κ1) is 12.2. The second kappa shape index (κ2) is 5.04. The molecular formula is C17H18FN. The fourth-order valence-corrected chi connectivity index (χ4v) is 3.04. The van der Waals surface area contributed by atoms with Gasteiger partial charge in [0.2, 0.25) is 0 Å². The highest BCUT2D eigenvalue weighted by Gasteiger charge is 2.35. The van der Waals surface area contributed by atoms with Crippen LogP contribution in [0.5, 0.6) is 0 Å². The van der Waals surface area contributed by atoms with E-state index < -0.39 is 0 Å². The Hall–Kier alpha value is -1.83. The number of para-hydroxylation sites is 1. The van der Waals surface area contributed by atoms with Crippen LogP contribution in [0.4, 0.5) is 10.1 Å². The molecule has 98 valence electrons. The first-order valence-corrected chi connectivity index (χ1v) is 6.88. The number of hydrogen-bond acceptors (Lipinski definition) is 1. The van der Waals surface area contributed by atoms with E-state index >= 15 is 0 Å². The van der Waals surface area contributed by atoms with Crippen molar-refractivity contribution in [1.82, 2.24) is 0 Å². The van der Waals surface area contributed by atoms with Crippen LogP contribution < -0.4 is 5.32 Å². The number of anilines is 1. The van der Waals surface area contributed by atoms with Gasteiger partial charge in [-0.2, -0.15) is 0 Å². The van der Waals surface area contributed by atoms with Gasteiger partial charge in [-0.15, -0.1) is 0 Å². The third-order valence-electron chi connectivity index (χ3n) is 4.03. The maximum Gasteiger partial charge on any atom is 0.146 e. The number of halogens is 1. The summed E-state index contributed by atoms with van der Waals surface area (Å²) in [4.78, 5) is 0. The van der Waals surface area contributed by atoms with Gasteiger partial charge in [0.05, 0.1) is 11.2 Å². The van der Waals surface area contributed by atoms with Gasteiger partial charge < -0.3 is 5.32 Å². The highest BCUT2D eigenvalue weighted by molar-refractivity contribution is 5.49. The van der Waals surface area contributed by atoms with Crippen LogP contribution in [-0.4, -0.2) is 0 Å². The van der Waals surface area contributed by atoms with Crippen LogP contribution >= 0.6 is 0 Å². The van der Waals surface area contributed by atoms with Gasteiger partial charge in [0, 0.05) is 0 Å². The van der Waals surface area contributed by atoms with Crippen molar-refractivity contribution in [3.8, 4) is 0 Å². The molecule has 0 spiro atoms. The van der Waals surface area contributed by atoms with Crippen molar-refractivity contribution in [2.45, 2.75) is 31.2 Å². The maximum atomic E-state index is 13.9. The Balaban J connectivity index is 1.96. The fraction of sp³-hybridized carbons (Fsp3) is 0.294. The van der Waals surface area contributed by atoms with Crippen LogP contribution in [-0.2, 0) is 5.54 Å². The average Bonchev–Trinajstić information content (AvgIpc) is 2.92. The quantitative estimate of drug-likeness (QED) is 0.837. The molecule has 0 amide bonds. The van der Waals surface area contributed by atoms with E-state index in [9.17, 15) is 4.39 Å². The van der Waals surface area contributed by atoms with E-state index in [1.807, 2.05) is 18.2 Å². The lowest BCUT2D eigenvalue weighted by Gasteiger charge is -2.32. The molecule has 0 radical (unpaired) electrons. The Morgan fingerprint density at radius 2 is 1.47 bits per heavy atom. The third kappa shape index (κ3) is 2.35. The van der Waals surface area contributed by atoms with Crippen molar-refractivity contribution >= 4 is 5.69 Å². The van der Waals surface area contributed by atoms with Gasteiger partial charge in [-0.25, -0.2) is 4.39 Å². The minimum Gasteiger partial charge on any atom is -0.373 e. The topological polar surface area (TPSA) is 12.0 Å². The lowest BCUT2D eigenvalue weighted by molar-refractivity contribution is 0.502. The van der Waals surface area contributed by atoms with Gasteiger partial charge in [-0.3, -0.25) is 0 Å². The molecule has 1 nitrogen and oxygen atoms in total. The molecule has 2 aromatic rings. The second-order valence-electron chi connectivity index (χ2n) is 5.26. The van der Waals surface area contributed by atoms with Crippen molar-refractivity contribution in [3.63, 3.8) is 0 Å². The molecule has 1 saturated carbocycles. The van der Waals surface area contributed by atoms with Crippen molar-refractivity contribution in [2.24, 2.45) is 0 Å². The molecule has 0 bridgehead atoms. The predicted molar refractivity (Wildman–Crippen MR) is 76.6 cm³/mol. The Morgan fingerprint density at radius 3 is 2.16 bits per heavy atom. The molecule has 1 aliphatic rings. The summed E-state index contributed by atoms with van der Waals surface area (Å²) in [6.45, 7) is 0. The summed E-state index contributed by atoms with van der Waals surface area (Å²) in [6.07, 6.45) is 4.50. The van der Waals surface area contributed by atoms with Gasteiger partial charge in [-0.1, -0.05) is 55.3 Å². The molecule has 0 aromatic heterocycles. The first-order chi connectivity index (χ1) is 9.30. The lowest BCUT2D eigenvalue weighted by Crippen LogP contribution is -2.32. The number of rotatable bonds is 3. The van der Waals surface area contributed by atoms with Crippen LogP contribution in [0.15, 0.2) is 54.6 Å². The summed E-state index contributed by atoms with van der Waals surface area (Å²) in [5, 5.41) is 3.46. The summed E-state index contributed by atoms with van der Waals surface area (Å²) in [6, 6.07) is 17.3. The highest BCUT2D eigenvalue weighted by atomic mass is 19.1. The van der Waals surface area contributed by atoms with E-state index in [1.165, 1.54) is 24.5 Å². The Bertz CT molecular complexity index is 544. The van der Waals surface area contributed by atoms with Crippen molar-refractivity contribution in [1.29, 1.82) is 0 Å². The first-order valence-electron chi connectivity index (χ1n) is 6.88. The minimum absolute atomic E-state index is 0.108. The van der Waals surface area contributed by atoms with Crippen LogP contribution in [0.3, 0.4) is 0 Å². The van der Waals surface area contributed by atoms with Crippen LogP contribution in [0.2, 0.25) is 0 Å². The molecule has 0 unspecified atom stereocenters. The van der Waals surface area contributed by atoms with E-state index in [0.717, 1.165) is 12.8 Å². The largest absolute Gasteiger partial charge is 0.373 e. The summed E-state index contributed by atoms with van der Waals surface area (Å²) in [5.74, 6) is -0.176. The number of hydrogen-bond donors (Lipinski definition) is 1. The van der Waals surface area contributed by atoms with Crippen molar-refractivity contribution < 1.29 is 4.39 Å². The third-order valence-corrected chi connectivity index (χ3v) is 4.03. The van der Waals surface area contributed by atoms with Crippen molar-refractivity contribution in [3.05, 3.63) is 66.0 Å². The Kier molecular flexibility index (Phi) is 3.24. The van der Waals surface area contributed by atoms with Crippen LogP contribution in [0.1, 0.15) is 31.2 Å². The molecule has 19 heavy (non-hydrogen) atoms. The molecule has 3 rings (SSSR count). The normalized spacial score (nSPS) is 17.3.